The van der Waals surface area contributed by atoms with E-state index in [0.29, 0.717) is 50.9 Å². The molecular weight excluding hydrogens is 559 g/mol. The fraction of sp³-hybridized carbons (Fsp3) is 0.857. The molecule has 0 aromatic heterocycles. The Balaban J connectivity index is 0.000000400. The fourth-order valence-electron chi connectivity index (χ4n) is 3.66. The summed E-state index contributed by atoms with van der Waals surface area (Å²) in [6, 6.07) is 0. The van der Waals surface area contributed by atoms with E-state index < -0.39 is 29.2 Å². The second kappa shape index (κ2) is 12.2. The van der Waals surface area contributed by atoms with Gasteiger partial charge in [0, 0.05) is 47.3 Å². The molecule has 2 heterocycles. The normalized spacial score (nSPS) is 25.6. The van der Waals surface area contributed by atoms with Gasteiger partial charge in [0.1, 0.15) is 30.3 Å². The molecule has 2 fully saturated rings. The predicted molar refractivity (Wildman–Crippen MR) is 215 cm³/mol. The van der Waals surface area contributed by atoms with Gasteiger partial charge in [-0.2, -0.15) is 0 Å². The minimum Gasteiger partial charge on any atom is -0.128 e. The molecule has 0 aliphatic carbocycles. The average Bonchev–Trinajstić information content (AvgIpc) is 3.29. The van der Waals surface area contributed by atoms with Crippen LogP contribution in [0.25, 0.3) is 0 Å². The van der Waals surface area contributed by atoms with Crippen molar-refractivity contribution in [3.05, 3.63) is 24.3 Å². The van der Waals surface area contributed by atoms with E-state index in [1.54, 1.807) is 0 Å². The Morgan fingerprint density at radius 2 is 0.550 bits per heavy atom. The second-order valence-electron chi connectivity index (χ2n) is 14.4. The zero-order valence-electron chi connectivity index (χ0n) is 26.8. The van der Waals surface area contributed by atoms with Crippen molar-refractivity contribution < 1.29 is 0 Å². The van der Waals surface area contributed by atoms with E-state index in [4.69, 9.17) is 0 Å². The Kier molecular flexibility index (Phi) is 12.0. The van der Waals surface area contributed by atoms with E-state index in [2.05, 4.69) is 142 Å². The van der Waals surface area contributed by atoms with Gasteiger partial charge in [-0.3, -0.25) is 0 Å². The summed E-state index contributed by atoms with van der Waals surface area (Å²) in [5.41, 5.74) is 2.91. The lowest BCUT2D eigenvalue weighted by Gasteiger charge is -2.53. The van der Waals surface area contributed by atoms with Crippen molar-refractivity contribution in [1.29, 1.82) is 0 Å². The molecule has 4 atom stereocenters. The first-order valence-corrected chi connectivity index (χ1v) is 20.2. The number of rotatable bonds is 4. The third kappa shape index (κ3) is 7.92. The monoisotopic (exact) mass is 633 g/mol. The summed E-state index contributed by atoms with van der Waals surface area (Å²) in [7, 11) is -2.36. The topological polar surface area (TPSA) is 13.0 Å². The first kappa shape index (κ1) is 39.3. The van der Waals surface area contributed by atoms with Crippen molar-refractivity contribution in [3.63, 3.8) is 0 Å². The van der Waals surface area contributed by atoms with Gasteiger partial charge in [-0.05, 0) is 94.2 Å². The molecule has 2 saturated heterocycles. The van der Waals surface area contributed by atoms with E-state index in [0.717, 1.165) is 26.2 Å². The summed E-state index contributed by atoms with van der Waals surface area (Å²) < 4.78 is 11.6. The van der Waals surface area contributed by atoms with Crippen molar-refractivity contribution in [2.75, 3.05) is 52.8 Å². The van der Waals surface area contributed by atoms with Gasteiger partial charge in [-0.25, -0.2) is 0 Å². The van der Waals surface area contributed by atoms with Gasteiger partial charge >= 0.3 is 0 Å². The highest BCUT2D eigenvalue weighted by molar-refractivity contribution is 7.99. The highest BCUT2D eigenvalue weighted by Crippen LogP contribution is 2.75. The molecule has 0 amide bonds. The van der Waals surface area contributed by atoms with Gasteiger partial charge < -0.3 is 0 Å². The lowest BCUT2D eigenvalue weighted by atomic mass is 10.3. The van der Waals surface area contributed by atoms with Gasteiger partial charge in [0.2, 0.25) is 0 Å². The Bertz CT molecular complexity index is 794. The number of hydrogen-bond acceptors (Lipinski definition) is 4. The SMILES string of the molecule is [BH3-][P+](C)(N1CC(=C)CN1[P+]([BH3-])(C)C(C)(C)C)C(C)(C)C.[BH3-][P+](C)(N1CC(=C)CN1[P+]([BH3-])(C)C(C)(C)C)C(C)(C)C. The van der Waals surface area contributed by atoms with Crippen molar-refractivity contribution in [2.45, 2.75) is 104 Å². The molecule has 0 aromatic rings. The molecule has 12 heteroatoms. The minimum atomic E-state index is -0.917. The quantitative estimate of drug-likeness (QED) is 0.253. The molecule has 0 bridgehead atoms. The predicted octanol–water partition coefficient (Wildman–Crippen LogP) is 4.72. The van der Waals surface area contributed by atoms with Crippen LogP contribution in [0.15, 0.2) is 24.3 Å². The molecule has 236 valence electrons. The van der Waals surface area contributed by atoms with Crippen LogP contribution >= 0.6 is 29.2 Å². The lowest BCUT2D eigenvalue weighted by molar-refractivity contribution is 0.249. The van der Waals surface area contributed by atoms with Gasteiger partial charge in [0.25, 0.3) is 0 Å². The second-order valence-corrected chi connectivity index (χ2v) is 25.8. The maximum Gasteiger partial charge on any atom is 0.147 e. The van der Waals surface area contributed by atoms with Crippen molar-refractivity contribution in [2.24, 2.45) is 0 Å². The molecule has 0 N–H and O–H groups in total. The van der Waals surface area contributed by atoms with Crippen LogP contribution < -0.4 is 0 Å². The minimum absolute atomic E-state index is 0.327. The first-order chi connectivity index (χ1) is 17.2. The van der Waals surface area contributed by atoms with Crippen LogP contribution in [0, 0.1) is 0 Å². The molecule has 40 heavy (non-hydrogen) atoms. The maximum atomic E-state index is 4.35. The summed E-state index contributed by atoms with van der Waals surface area (Å²) in [6.07, 6.45) is 0. The molecule has 0 spiro atoms. The molecule has 2 rings (SSSR count). The van der Waals surface area contributed by atoms with Crippen LogP contribution in [-0.4, -0.2) is 123 Å². The summed E-state index contributed by atoms with van der Waals surface area (Å²) in [5, 5.41) is 1.92. The first-order valence-electron chi connectivity index (χ1n) is 13.3. The van der Waals surface area contributed by atoms with Gasteiger partial charge in [0.15, 0.2) is 0 Å². The Labute approximate surface area is 258 Å². The smallest absolute Gasteiger partial charge is 0.128 e. The zero-order chi connectivity index (χ0) is 32.3. The maximum absolute atomic E-state index is 4.35. The molecule has 4 unspecified atom stereocenters. The molecule has 0 radical (unpaired) electrons. The lowest BCUT2D eigenvalue weighted by Crippen LogP contribution is -2.45. The molecule has 2 aliphatic heterocycles. The van der Waals surface area contributed by atoms with Crippen LogP contribution in [0.4, 0.5) is 0 Å². The summed E-state index contributed by atoms with van der Waals surface area (Å²) in [5.74, 6) is 0. The van der Waals surface area contributed by atoms with E-state index in [-0.39, 0.29) is 0 Å². The van der Waals surface area contributed by atoms with Crippen molar-refractivity contribution in [1.82, 2.24) is 19.1 Å². The summed E-state index contributed by atoms with van der Waals surface area (Å²) >= 11 is 0. The third-order valence-corrected chi connectivity index (χ3v) is 19.5. The zero-order valence-corrected chi connectivity index (χ0v) is 30.4. The van der Waals surface area contributed by atoms with Crippen LogP contribution in [-0.2, 0) is 0 Å². The standard InChI is InChI=1S/2C14H36B2N2P2/c2*1-12-10-17(19(8,15)13(2,3)4)18(11-12)20(9,16)14(5,6)7/h2*1,10-11H2,2-9,15-16H3. The van der Waals surface area contributed by atoms with E-state index in [9.17, 15) is 0 Å². The molecule has 4 nitrogen and oxygen atoms in total. The molecule has 2 aliphatic rings. The van der Waals surface area contributed by atoms with Crippen molar-refractivity contribution >= 4 is 59.4 Å². The Morgan fingerprint density at radius 1 is 0.425 bits per heavy atom. The average molecular weight is 632 g/mol. The highest BCUT2D eigenvalue weighted by atomic mass is 31.2. The number of nitrogens with zero attached hydrogens (tertiary/aromatic N) is 4. The third-order valence-electron chi connectivity index (χ3n) is 7.26. The molecular formula is C28H72B4N4P4. The summed E-state index contributed by atoms with van der Waals surface area (Å²) in [4.78, 5) is 0. The van der Waals surface area contributed by atoms with Gasteiger partial charge in [-0.1, -0.05) is 42.3 Å². The van der Waals surface area contributed by atoms with Crippen LogP contribution in [0.5, 0.6) is 0 Å². The van der Waals surface area contributed by atoms with E-state index in [1.807, 2.05) is 0 Å². The van der Waals surface area contributed by atoms with E-state index >= 15 is 0 Å². The Morgan fingerprint density at radius 3 is 0.650 bits per heavy atom. The van der Waals surface area contributed by atoms with Crippen LogP contribution in [0.2, 0.25) is 0 Å². The van der Waals surface area contributed by atoms with Crippen LogP contribution in [0.1, 0.15) is 83.1 Å². The molecule has 0 saturated carbocycles. The van der Waals surface area contributed by atoms with Gasteiger partial charge in [-0.15, -0.1) is 19.1 Å². The van der Waals surface area contributed by atoms with E-state index in [1.165, 1.54) is 11.1 Å². The highest BCUT2D eigenvalue weighted by Gasteiger charge is 2.54. The van der Waals surface area contributed by atoms with Gasteiger partial charge in [0.05, 0.1) is 26.2 Å². The largest absolute Gasteiger partial charge is 0.147 e. The van der Waals surface area contributed by atoms with Crippen molar-refractivity contribution in [3.8, 4) is 0 Å². The Hall–Kier alpha value is 1.30. The summed E-state index contributed by atoms with van der Waals surface area (Å²) in [6.45, 7) is 53.5. The fourth-order valence-corrected chi connectivity index (χ4v) is 11.0. The van der Waals surface area contributed by atoms with Crippen LogP contribution in [0.3, 0.4) is 0 Å². The number of hydrogen-bond donors (Lipinski definition) is 0. The molecule has 0 aromatic carbocycles. The number of hydrazine groups is 2.